The standard InChI is InChI=1S/C20H31N3O3/c1-20(14-21)7-10-22(15-20)12-16-5-6-17(18(11-16)25-2)26-13-19(24)23-8-3-4-9-23/h5-6,11H,3-4,7-10,12-15,21H2,1-2H3. The maximum atomic E-state index is 12.1. The van der Waals surface area contributed by atoms with Crippen molar-refractivity contribution in [2.45, 2.75) is 32.7 Å². The van der Waals surface area contributed by atoms with Crippen molar-refractivity contribution < 1.29 is 14.3 Å². The van der Waals surface area contributed by atoms with Crippen molar-refractivity contribution in [3.05, 3.63) is 23.8 Å². The maximum absolute atomic E-state index is 12.1. The van der Waals surface area contributed by atoms with Crippen molar-refractivity contribution in [3.63, 3.8) is 0 Å². The second-order valence-corrected chi connectivity index (χ2v) is 7.84. The monoisotopic (exact) mass is 361 g/mol. The summed E-state index contributed by atoms with van der Waals surface area (Å²) in [5.41, 5.74) is 7.30. The summed E-state index contributed by atoms with van der Waals surface area (Å²) in [6, 6.07) is 5.97. The zero-order chi connectivity index (χ0) is 18.6. The first-order chi connectivity index (χ1) is 12.5. The molecule has 3 rings (SSSR count). The van der Waals surface area contributed by atoms with E-state index in [9.17, 15) is 4.79 Å². The molecule has 0 saturated carbocycles. The molecule has 1 atom stereocenters. The second kappa shape index (κ2) is 8.27. The van der Waals surface area contributed by atoms with Gasteiger partial charge in [0, 0.05) is 26.2 Å². The molecular formula is C20H31N3O3. The summed E-state index contributed by atoms with van der Waals surface area (Å²) in [6.07, 6.45) is 3.31. The predicted octanol–water partition coefficient (Wildman–Crippen LogP) is 1.87. The molecule has 0 aromatic heterocycles. The van der Waals surface area contributed by atoms with Crippen LogP contribution in [0.2, 0.25) is 0 Å². The molecule has 0 spiro atoms. The number of ether oxygens (including phenoxy) is 2. The van der Waals surface area contributed by atoms with Gasteiger partial charge in [-0.2, -0.15) is 0 Å². The number of benzene rings is 1. The highest BCUT2D eigenvalue weighted by Crippen LogP contribution is 2.32. The van der Waals surface area contributed by atoms with Crippen LogP contribution < -0.4 is 15.2 Å². The lowest BCUT2D eigenvalue weighted by molar-refractivity contribution is -0.132. The molecule has 2 N–H and O–H groups in total. The van der Waals surface area contributed by atoms with Crippen LogP contribution in [0.5, 0.6) is 11.5 Å². The van der Waals surface area contributed by atoms with Crippen LogP contribution >= 0.6 is 0 Å². The number of nitrogens with two attached hydrogens (primary N) is 1. The maximum Gasteiger partial charge on any atom is 0.260 e. The zero-order valence-corrected chi connectivity index (χ0v) is 16.0. The minimum absolute atomic E-state index is 0.0479. The van der Waals surface area contributed by atoms with E-state index in [4.69, 9.17) is 15.2 Å². The van der Waals surface area contributed by atoms with Crippen LogP contribution in [0.1, 0.15) is 31.7 Å². The van der Waals surface area contributed by atoms with E-state index in [2.05, 4.69) is 17.9 Å². The van der Waals surface area contributed by atoms with Gasteiger partial charge in [0.25, 0.3) is 5.91 Å². The summed E-state index contributed by atoms with van der Waals surface area (Å²) < 4.78 is 11.2. The van der Waals surface area contributed by atoms with Crippen LogP contribution in [-0.2, 0) is 11.3 Å². The van der Waals surface area contributed by atoms with Gasteiger partial charge in [-0.15, -0.1) is 0 Å². The molecule has 6 heteroatoms. The number of methoxy groups -OCH3 is 1. The molecule has 26 heavy (non-hydrogen) atoms. The van der Waals surface area contributed by atoms with E-state index in [0.29, 0.717) is 11.5 Å². The van der Waals surface area contributed by atoms with Crippen molar-refractivity contribution in [3.8, 4) is 11.5 Å². The molecule has 6 nitrogen and oxygen atoms in total. The van der Waals surface area contributed by atoms with Crippen molar-refractivity contribution >= 4 is 5.91 Å². The van der Waals surface area contributed by atoms with Gasteiger partial charge in [-0.1, -0.05) is 13.0 Å². The molecule has 1 aromatic carbocycles. The fourth-order valence-electron chi connectivity index (χ4n) is 3.81. The molecule has 2 fully saturated rings. The Morgan fingerprint density at radius 2 is 2.00 bits per heavy atom. The lowest BCUT2D eigenvalue weighted by Crippen LogP contribution is -2.32. The van der Waals surface area contributed by atoms with E-state index in [-0.39, 0.29) is 17.9 Å². The number of hydrogen-bond donors (Lipinski definition) is 1. The number of likely N-dealkylation sites (tertiary alicyclic amines) is 2. The highest BCUT2D eigenvalue weighted by molar-refractivity contribution is 5.78. The molecule has 2 aliphatic rings. The predicted molar refractivity (Wildman–Crippen MR) is 101 cm³/mol. The van der Waals surface area contributed by atoms with E-state index in [1.165, 1.54) is 5.56 Å². The average Bonchev–Trinajstić information content (AvgIpc) is 3.31. The van der Waals surface area contributed by atoms with Gasteiger partial charge >= 0.3 is 0 Å². The first kappa shape index (κ1) is 19.0. The highest BCUT2D eigenvalue weighted by Gasteiger charge is 2.32. The number of nitrogens with zero attached hydrogens (tertiary/aromatic N) is 2. The Hall–Kier alpha value is -1.79. The zero-order valence-electron chi connectivity index (χ0n) is 16.0. The van der Waals surface area contributed by atoms with Gasteiger partial charge in [-0.05, 0) is 55.5 Å². The summed E-state index contributed by atoms with van der Waals surface area (Å²) in [7, 11) is 1.63. The first-order valence-corrected chi connectivity index (χ1v) is 9.53. The van der Waals surface area contributed by atoms with Gasteiger partial charge in [0.05, 0.1) is 7.11 Å². The molecule has 2 aliphatic heterocycles. The van der Waals surface area contributed by atoms with E-state index >= 15 is 0 Å². The van der Waals surface area contributed by atoms with Crippen molar-refractivity contribution in [2.75, 3.05) is 46.4 Å². The fourth-order valence-corrected chi connectivity index (χ4v) is 3.81. The first-order valence-electron chi connectivity index (χ1n) is 9.53. The molecule has 1 aromatic rings. The van der Waals surface area contributed by atoms with Crippen LogP contribution in [0.25, 0.3) is 0 Å². The molecule has 144 valence electrons. The smallest absolute Gasteiger partial charge is 0.260 e. The molecule has 2 heterocycles. The summed E-state index contributed by atoms with van der Waals surface area (Å²) >= 11 is 0. The Labute approximate surface area is 156 Å². The molecular weight excluding hydrogens is 330 g/mol. The lowest BCUT2D eigenvalue weighted by atomic mass is 9.90. The second-order valence-electron chi connectivity index (χ2n) is 7.84. The van der Waals surface area contributed by atoms with Crippen LogP contribution in [-0.4, -0.2) is 62.1 Å². The van der Waals surface area contributed by atoms with E-state index in [1.807, 2.05) is 17.0 Å². The highest BCUT2D eigenvalue weighted by atomic mass is 16.5. The summed E-state index contributed by atoms with van der Waals surface area (Å²) in [5.74, 6) is 1.35. The quantitative estimate of drug-likeness (QED) is 0.803. The van der Waals surface area contributed by atoms with Gasteiger partial charge in [0.15, 0.2) is 18.1 Å². The SMILES string of the molecule is COc1cc(CN2CCC(C)(CN)C2)ccc1OCC(=O)N1CCCC1. The van der Waals surface area contributed by atoms with Crippen molar-refractivity contribution in [1.29, 1.82) is 0 Å². The number of carbonyl (C=O) groups is 1. The third-order valence-electron chi connectivity index (χ3n) is 5.57. The van der Waals surface area contributed by atoms with Gasteiger partial charge in [-0.25, -0.2) is 0 Å². The van der Waals surface area contributed by atoms with Gasteiger partial charge in [0.1, 0.15) is 0 Å². The largest absolute Gasteiger partial charge is 0.493 e. The van der Waals surface area contributed by atoms with Crippen LogP contribution in [0, 0.1) is 5.41 Å². The molecule has 1 amide bonds. The van der Waals surface area contributed by atoms with Crippen LogP contribution in [0.3, 0.4) is 0 Å². The molecule has 0 bridgehead atoms. The third kappa shape index (κ3) is 4.48. The van der Waals surface area contributed by atoms with E-state index < -0.39 is 0 Å². The van der Waals surface area contributed by atoms with Crippen LogP contribution in [0.4, 0.5) is 0 Å². The lowest BCUT2D eigenvalue weighted by Gasteiger charge is -2.23. The van der Waals surface area contributed by atoms with Gasteiger partial charge in [0.2, 0.25) is 0 Å². The number of amides is 1. The Morgan fingerprint density at radius 1 is 1.23 bits per heavy atom. The molecule has 2 saturated heterocycles. The topological polar surface area (TPSA) is 68.0 Å². The Kier molecular flexibility index (Phi) is 6.04. The number of carbonyl (C=O) groups excluding carboxylic acids is 1. The minimum atomic E-state index is 0.0479. The number of rotatable bonds is 7. The van der Waals surface area contributed by atoms with Crippen molar-refractivity contribution in [1.82, 2.24) is 9.80 Å². The normalized spacial score (nSPS) is 23.4. The third-order valence-corrected chi connectivity index (χ3v) is 5.57. The molecule has 0 aliphatic carbocycles. The Bertz CT molecular complexity index is 631. The Morgan fingerprint density at radius 3 is 2.65 bits per heavy atom. The molecule has 1 unspecified atom stereocenters. The summed E-state index contributed by atoms with van der Waals surface area (Å²) in [5, 5.41) is 0. The van der Waals surface area contributed by atoms with Gasteiger partial charge in [-0.3, -0.25) is 9.69 Å². The summed E-state index contributed by atoms with van der Waals surface area (Å²) in [4.78, 5) is 16.4. The number of hydrogen-bond acceptors (Lipinski definition) is 5. The summed E-state index contributed by atoms with van der Waals surface area (Å²) in [6.45, 7) is 7.70. The Balaban J connectivity index is 1.58. The average molecular weight is 361 g/mol. The van der Waals surface area contributed by atoms with Crippen molar-refractivity contribution in [2.24, 2.45) is 11.1 Å². The fraction of sp³-hybridized carbons (Fsp3) is 0.650. The van der Waals surface area contributed by atoms with E-state index in [0.717, 1.165) is 58.5 Å². The minimum Gasteiger partial charge on any atom is -0.493 e. The van der Waals surface area contributed by atoms with Crippen LogP contribution in [0.15, 0.2) is 18.2 Å². The van der Waals surface area contributed by atoms with Gasteiger partial charge < -0.3 is 20.1 Å². The van der Waals surface area contributed by atoms with E-state index in [1.54, 1.807) is 7.11 Å². The molecule has 0 radical (unpaired) electrons.